The monoisotopic (exact) mass is 431 g/mol. The zero-order chi connectivity index (χ0) is 20.5. The Bertz CT molecular complexity index is 861. The second-order valence-electron chi connectivity index (χ2n) is 10.4. The van der Waals surface area contributed by atoms with Crippen molar-refractivity contribution in [2.75, 3.05) is 0 Å². The van der Waals surface area contributed by atoms with Crippen LogP contribution in [0, 0.1) is 17.8 Å². The maximum absolute atomic E-state index is 6.64. The first kappa shape index (κ1) is 19.7. The Labute approximate surface area is 183 Å². The fourth-order valence-corrected chi connectivity index (χ4v) is 7.76. The third-order valence-electron chi connectivity index (χ3n) is 8.56. The molecular formula is C24H33NO4S. The normalized spacial score (nSPS) is 43.8. The summed E-state index contributed by atoms with van der Waals surface area (Å²) < 4.78 is 13.1. The van der Waals surface area contributed by atoms with Crippen molar-refractivity contribution < 1.29 is 19.2 Å². The highest BCUT2D eigenvalue weighted by atomic mass is 32.1. The second kappa shape index (κ2) is 7.03. The van der Waals surface area contributed by atoms with E-state index in [1.807, 2.05) is 6.92 Å². The van der Waals surface area contributed by atoms with Crippen molar-refractivity contribution in [2.24, 2.45) is 17.8 Å². The van der Waals surface area contributed by atoms with E-state index >= 15 is 0 Å². The van der Waals surface area contributed by atoms with E-state index in [2.05, 4.69) is 19.2 Å². The number of fused-ring (bicyclic) bond motifs is 2. The Morgan fingerprint density at radius 2 is 1.90 bits per heavy atom. The van der Waals surface area contributed by atoms with Gasteiger partial charge in [-0.2, -0.15) is 0 Å². The first-order chi connectivity index (χ1) is 14.5. The highest BCUT2D eigenvalue weighted by molar-refractivity contribution is 7.10. The molecule has 7 rings (SSSR count). The molecule has 3 saturated heterocycles. The summed E-state index contributed by atoms with van der Waals surface area (Å²) in [4.78, 5) is 17.2. The molecule has 0 amide bonds. The largest absolute Gasteiger partial charge is 0.458 e. The SMILES string of the molecule is CC1=C(c2nc(C3CCCCC3)cs2)O[C@@H]2O[C@@]3(C)CC[C@H]4[C@H](C)CC[C@@H]1[C@@]24OO3. The number of ether oxygens (including phenoxy) is 2. The van der Waals surface area contributed by atoms with E-state index in [1.165, 1.54) is 49.8 Å². The number of thiazole rings is 1. The number of aromatic nitrogens is 1. The van der Waals surface area contributed by atoms with Gasteiger partial charge in [-0.25, -0.2) is 14.8 Å². The summed E-state index contributed by atoms with van der Waals surface area (Å²) in [5.74, 6) is 2.01. The van der Waals surface area contributed by atoms with Gasteiger partial charge in [-0.3, -0.25) is 0 Å². The molecule has 164 valence electrons. The molecule has 0 unspecified atom stereocenters. The van der Waals surface area contributed by atoms with Crippen molar-refractivity contribution in [3.8, 4) is 0 Å². The zero-order valence-electron chi connectivity index (χ0n) is 18.3. The summed E-state index contributed by atoms with van der Waals surface area (Å²) in [7, 11) is 0. The molecule has 2 aliphatic carbocycles. The van der Waals surface area contributed by atoms with Crippen LogP contribution in [-0.2, 0) is 19.2 Å². The number of nitrogens with zero attached hydrogens (tertiary/aromatic N) is 1. The average molecular weight is 432 g/mol. The van der Waals surface area contributed by atoms with Crippen LogP contribution in [0.3, 0.4) is 0 Å². The van der Waals surface area contributed by atoms with Crippen LogP contribution in [0.2, 0.25) is 0 Å². The summed E-state index contributed by atoms with van der Waals surface area (Å²) in [6.07, 6.45) is 10.3. The van der Waals surface area contributed by atoms with E-state index in [0.29, 0.717) is 17.8 Å². The van der Waals surface area contributed by atoms with Crippen LogP contribution in [0.25, 0.3) is 5.76 Å². The van der Waals surface area contributed by atoms with Crippen LogP contribution in [0.1, 0.15) is 95.2 Å². The molecule has 5 nitrogen and oxygen atoms in total. The van der Waals surface area contributed by atoms with Gasteiger partial charge >= 0.3 is 0 Å². The van der Waals surface area contributed by atoms with Crippen molar-refractivity contribution in [1.29, 1.82) is 0 Å². The van der Waals surface area contributed by atoms with E-state index in [-0.39, 0.29) is 5.92 Å². The van der Waals surface area contributed by atoms with Gasteiger partial charge in [0.25, 0.3) is 0 Å². The molecule has 5 heterocycles. The Balaban J connectivity index is 1.39. The fourth-order valence-electron chi connectivity index (χ4n) is 6.81. The minimum absolute atomic E-state index is 0.247. The second-order valence-corrected chi connectivity index (χ2v) is 11.3. The molecule has 30 heavy (non-hydrogen) atoms. The third kappa shape index (κ3) is 2.79. The maximum Gasteiger partial charge on any atom is 0.236 e. The molecule has 0 radical (unpaired) electrons. The Morgan fingerprint density at radius 3 is 2.73 bits per heavy atom. The van der Waals surface area contributed by atoms with Crippen LogP contribution >= 0.6 is 11.3 Å². The van der Waals surface area contributed by atoms with Gasteiger partial charge in [-0.1, -0.05) is 26.2 Å². The van der Waals surface area contributed by atoms with Crippen molar-refractivity contribution >= 4 is 17.1 Å². The molecule has 1 aromatic heterocycles. The van der Waals surface area contributed by atoms with Gasteiger partial charge in [0.15, 0.2) is 16.4 Å². The van der Waals surface area contributed by atoms with E-state index < -0.39 is 17.7 Å². The van der Waals surface area contributed by atoms with Gasteiger partial charge in [0.2, 0.25) is 12.1 Å². The number of hydrogen-bond acceptors (Lipinski definition) is 6. The van der Waals surface area contributed by atoms with Crippen LogP contribution in [-0.4, -0.2) is 22.7 Å². The predicted octanol–water partition coefficient (Wildman–Crippen LogP) is 6.17. The van der Waals surface area contributed by atoms with Crippen molar-refractivity contribution in [3.63, 3.8) is 0 Å². The lowest BCUT2D eigenvalue weighted by atomic mass is 9.59. The molecule has 6 atom stereocenters. The minimum Gasteiger partial charge on any atom is -0.458 e. The van der Waals surface area contributed by atoms with Gasteiger partial charge in [0.05, 0.1) is 5.69 Å². The zero-order valence-corrected chi connectivity index (χ0v) is 19.1. The molecule has 2 bridgehead atoms. The van der Waals surface area contributed by atoms with E-state index in [1.54, 1.807) is 11.3 Å². The Hall–Kier alpha value is -0.950. The standard InChI is InChI=1S/C24H33NO4S/c1-14-9-10-18-15(2)20(21-25-19(13-30-21)16-7-5-4-6-8-16)26-22-24(18)17(14)11-12-23(3,27-22)28-29-24/h13-14,16-18,22H,4-12H2,1-3H3/t14-,17+,18+,22-,23-,24-/m1/s1. The molecule has 2 saturated carbocycles. The lowest BCUT2D eigenvalue weighted by Gasteiger charge is -2.57. The van der Waals surface area contributed by atoms with Crippen LogP contribution in [0.15, 0.2) is 11.0 Å². The average Bonchev–Trinajstić information content (AvgIpc) is 3.13. The summed E-state index contributed by atoms with van der Waals surface area (Å²) in [5.41, 5.74) is 1.97. The quantitative estimate of drug-likeness (QED) is 0.524. The van der Waals surface area contributed by atoms with Crippen molar-refractivity contribution in [1.82, 2.24) is 4.98 Å². The summed E-state index contributed by atoms with van der Waals surface area (Å²) in [5, 5.41) is 3.26. The first-order valence-corrected chi connectivity index (χ1v) is 12.8. The Morgan fingerprint density at radius 1 is 1.07 bits per heavy atom. The lowest BCUT2D eigenvalue weighted by Crippen LogP contribution is -2.66. The van der Waals surface area contributed by atoms with Gasteiger partial charge in [-0.15, -0.1) is 11.3 Å². The van der Waals surface area contributed by atoms with Crippen molar-refractivity contribution in [3.05, 3.63) is 21.7 Å². The lowest BCUT2D eigenvalue weighted by molar-refractivity contribution is -0.553. The molecule has 1 aromatic rings. The van der Waals surface area contributed by atoms with Gasteiger partial charge in [-0.05, 0) is 57.4 Å². The van der Waals surface area contributed by atoms with E-state index in [4.69, 9.17) is 24.2 Å². The summed E-state index contributed by atoms with van der Waals surface area (Å²) >= 11 is 1.73. The van der Waals surface area contributed by atoms with Crippen LogP contribution in [0.4, 0.5) is 0 Å². The summed E-state index contributed by atoms with van der Waals surface area (Å²) in [6, 6.07) is 0. The van der Waals surface area contributed by atoms with E-state index in [0.717, 1.165) is 30.0 Å². The third-order valence-corrected chi connectivity index (χ3v) is 9.42. The molecule has 5 fully saturated rings. The molecule has 6 aliphatic rings. The first-order valence-electron chi connectivity index (χ1n) is 11.9. The summed E-state index contributed by atoms with van der Waals surface area (Å²) in [6.45, 7) is 6.54. The maximum atomic E-state index is 6.64. The molecule has 0 aromatic carbocycles. The number of hydrogen-bond donors (Lipinski definition) is 0. The Kier molecular flexibility index (Phi) is 4.62. The minimum atomic E-state index is -0.732. The van der Waals surface area contributed by atoms with E-state index in [9.17, 15) is 0 Å². The van der Waals surface area contributed by atoms with Gasteiger partial charge < -0.3 is 9.47 Å². The van der Waals surface area contributed by atoms with Crippen LogP contribution in [0.5, 0.6) is 0 Å². The van der Waals surface area contributed by atoms with Gasteiger partial charge in [0, 0.05) is 29.6 Å². The molecule has 0 N–H and O–H groups in total. The van der Waals surface area contributed by atoms with Crippen molar-refractivity contribution in [2.45, 2.75) is 102 Å². The number of rotatable bonds is 2. The highest BCUT2D eigenvalue weighted by Crippen LogP contribution is 2.61. The highest BCUT2D eigenvalue weighted by Gasteiger charge is 2.68. The predicted molar refractivity (Wildman–Crippen MR) is 114 cm³/mol. The molecule has 6 heteroatoms. The smallest absolute Gasteiger partial charge is 0.236 e. The van der Waals surface area contributed by atoms with Gasteiger partial charge in [0.1, 0.15) is 0 Å². The molecular weight excluding hydrogens is 398 g/mol. The topological polar surface area (TPSA) is 49.8 Å². The molecule has 4 aliphatic heterocycles. The fraction of sp³-hybridized carbons (Fsp3) is 0.792. The van der Waals surface area contributed by atoms with Crippen LogP contribution < -0.4 is 0 Å². The molecule has 1 spiro atoms.